The Hall–Kier alpha value is -0.805. The normalized spacial score (nSPS) is 31.0. The Morgan fingerprint density at radius 2 is 1.90 bits per heavy atom. The first-order valence-electron chi connectivity index (χ1n) is 7.90. The van der Waals surface area contributed by atoms with Gasteiger partial charge in [-0.25, -0.2) is 0 Å². The summed E-state index contributed by atoms with van der Waals surface area (Å²) in [6.45, 7) is 12.6. The van der Waals surface area contributed by atoms with Gasteiger partial charge in [0, 0.05) is 0 Å². The van der Waals surface area contributed by atoms with E-state index in [0.717, 1.165) is 11.9 Å². The molecule has 0 aromatic heterocycles. The summed E-state index contributed by atoms with van der Waals surface area (Å²) in [5.74, 6) is 0.141. The number of carbonyl (C=O) groups excluding carboxylic acids is 1. The van der Waals surface area contributed by atoms with E-state index < -0.39 is 0 Å². The molecule has 0 radical (unpaired) electrons. The van der Waals surface area contributed by atoms with Gasteiger partial charge < -0.3 is 14.0 Å². The van der Waals surface area contributed by atoms with Gasteiger partial charge in [0.1, 0.15) is 0 Å². The van der Waals surface area contributed by atoms with Gasteiger partial charge in [0.15, 0.2) is 0 Å². The lowest BCUT2D eigenvalue weighted by molar-refractivity contribution is -0.148. The topological polar surface area (TPSA) is 44.8 Å². The Morgan fingerprint density at radius 1 is 1.33 bits per heavy atom. The summed E-state index contributed by atoms with van der Waals surface area (Å²) in [6, 6.07) is 0. The van der Waals surface area contributed by atoms with Crippen molar-refractivity contribution in [1.29, 1.82) is 0 Å². The van der Waals surface area contributed by atoms with Crippen LogP contribution in [-0.2, 0) is 18.8 Å². The predicted octanol–water partition coefficient (Wildman–Crippen LogP) is 3.15. The zero-order valence-electron chi connectivity index (χ0n) is 14.1. The fourth-order valence-electron chi connectivity index (χ4n) is 2.90. The van der Waals surface area contributed by atoms with Crippen molar-refractivity contribution in [3.63, 3.8) is 0 Å². The largest absolute Gasteiger partial charge is 0.490 e. The predicted molar refractivity (Wildman–Crippen MR) is 82.7 cm³/mol. The summed E-state index contributed by atoms with van der Waals surface area (Å²) in [5.41, 5.74) is 0.515. The average molecular weight is 294 g/mol. The van der Waals surface area contributed by atoms with Gasteiger partial charge in [-0.15, -0.1) is 0 Å². The highest BCUT2D eigenvalue weighted by molar-refractivity contribution is 6.54. The molecule has 2 rings (SSSR count). The van der Waals surface area contributed by atoms with Crippen molar-refractivity contribution in [3.8, 4) is 0 Å². The summed E-state index contributed by atoms with van der Waals surface area (Å²) in [6.07, 6.45) is 3.62. The van der Waals surface area contributed by atoms with Crippen LogP contribution in [-0.4, -0.2) is 30.9 Å². The summed E-state index contributed by atoms with van der Waals surface area (Å²) < 4.78 is 17.3. The van der Waals surface area contributed by atoms with Crippen LogP contribution in [0, 0.1) is 11.8 Å². The van der Waals surface area contributed by atoms with Gasteiger partial charge in [0.2, 0.25) is 0 Å². The molecular weight excluding hydrogens is 267 g/mol. The van der Waals surface area contributed by atoms with E-state index in [1.807, 2.05) is 6.92 Å². The molecule has 0 unspecified atom stereocenters. The highest BCUT2D eigenvalue weighted by atomic mass is 16.7. The first-order valence-corrected chi connectivity index (χ1v) is 7.90. The standard InChI is InChI=1S/C16H27BO4/c1-7-19-14(18)12-8-9-13(11(2)10-12)17-20-15(3,4)16(5,6)21-17/h9,11-12H,7-8,10H2,1-6H3/t11-,12-/m1/s1. The lowest BCUT2D eigenvalue weighted by Crippen LogP contribution is -2.41. The fraction of sp³-hybridized carbons (Fsp3) is 0.812. The van der Waals surface area contributed by atoms with E-state index in [1.54, 1.807) is 0 Å². The fourth-order valence-corrected chi connectivity index (χ4v) is 2.90. The molecule has 0 bridgehead atoms. The molecule has 0 amide bonds. The molecule has 1 aliphatic carbocycles. The first-order chi connectivity index (χ1) is 9.68. The van der Waals surface area contributed by atoms with Gasteiger partial charge >= 0.3 is 13.1 Å². The zero-order chi connectivity index (χ0) is 15.8. The summed E-state index contributed by atoms with van der Waals surface area (Å²) >= 11 is 0. The second-order valence-electron chi connectivity index (χ2n) is 7.11. The molecule has 0 saturated carbocycles. The van der Waals surface area contributed by atoms with Gasteiger partial charge in [-0.2, -0.15) is 0 Å². The highest BCUT2D eigenvalue weighted by Crippen LogP contribution is 2.42. The van der Waals surface area contributed by atoms with Crippen LogP contribution < -0.4 is 0 Å². The minimum absolute atomic E-state index is 0.0360. The lowest BCUT2D eigenvalue weighted by atomic mass is 9.65. The quantitative estimate of drug-likeness (QED) is 0.592. The Bertz CT molecular complexity index is 426. The number of esters is 1. The van der Waals surface area contributed by atoms with E-state index in [2.05, 4.69) is 40.7 Å². The van der Waals surface area contributed by atoms with E-state index in [9.17, 15) is 4.79 Å². The van der Waals surface area contributed by atoms with Crippen LogP contribution in [0.3, 0.4) is 0 Å². The van der Waals surface area contributed by atoms with Gasteiger partial charge in [-0.1, -0.05) is 13.0 Å². The second kappa shape index (κ2) is 5.77. The molecule has 5 heteroatoms. The van der Waals surface area contributed by atoms with E-state index in [-0.39, 0.29) is 36.1 Å². The van der Waals surface area contributed by atoms with E-state index in [1.165, 1.54) is 0 Å². The molecule has 21 heavy (non-hydrogen) atoms. The van der Waals surface area contributed by atoms with E-state index in [4.69, 9.17) is 14.0 Å². The van der Waals surface area contributed by atoms with Gasteiger partial charge in [-0.05, 0) is 58.9 Å². The maximum absolute atomic E-state index is 11.9. The maximum atomic E-state index is 11.9. The van der Waals surface area contributed by atoms with Crippen LogP contribution in [0.4, 0.5) is 0 Å². The Kier molecular flexibility index (Phi) is 4.55. The summed E-state index contributed by atoms with van der Waals surface area (Å²) in [5, 5.41) is 0. The van der Waals surface area contributed by atoms with Crippen molar-refractivity contribution < 1.29 is 18.8 Å². The van der Waals surface area contributed by atoms with Crippen molar-refractivity contribution >= 4 is 13.1 Å². The van der Waals surface area contributed by atoms with Gasteiger partial charge in [0.05, 0.1) is 23.7 Å². The summed E-state index contributed by atoms with van der Waals surface area (Å²) in [4.78, 5) is 11.9. The molecule has 0 aromatic carbocycles. The average Bonchev–Trinajstić information content (AvgIpc) is 2.58. The number of carbonyl (C=O) groups is 1. The van der Waals surface area contributed by atoms with E-state index in [0.29, 0.717) is 13.0 Å². The van der Waals surface area contributed by atoms with Crippen LogP contribution in [0.1, 0.15) is 54.4 Å². The van der Waals surface area contributed by atoms with Crippen molar-refractivity contribution in [2.75, 3.05) is 6.61 Å². The third-order valence-electron chi connectivity index (χ3n) is 4.99. The molecule has 2 atom stereocenters. The minimum Gasteiger partial charge on any atom is -0.466 e. The second-order valence-corrected chi connectivity index (χ2v) is 7.11. The molecule has 1 fully saturated rings. The third-order valence-corrected chi connectivity index (χ3v) is 4.99. The smallest absolute Gasteiger partial charge is 0.466 e. The highest BCUT2D eigenvalue weighted by Gasteiger charge is 2.53. The zero-order valence-corrected chi connectivity index (χ0v) is 14.1. The molecule has 1 saturated heterocycles. The van der Waals surface area contributed by atoms with Crippen LogP contribution in [0.5, 0.6) is 0 Å². The molecular formula is C16H27BO4. The summed E-state index contributed by atoms with van der Waals surface area (Å²) in [7, 11) is -0.298. The van der Waals surface area contributed by atoms with Crippen molar-refractivity contribution in [3.05, 3.63) is 11.5 Å². The Morgan fingerprint density at radius 3 is 2.38 bits per heavy atom. The molecule has 0 aromatic rings. The molecule has 0 spiro atoms. The van der Waals surface area contributed by atoms with Crippen molar-refractivity contribution in [2.24, 2.45) is 11.8 Å². The molecule has 4 nitrogen and oxygen atoms in total. The first kappa shape index (κ1) is 16.6. The van der Waals surface area contributed by atoms with Crippen molar-refractivity contribution in [2.45, 2.75) is 65.6 Å². The van der Waals surface area contributed by atoms with E-state index >= 15 is 0 Å². The minimum atomic E-state index is -0.323. The number of ether oxygens (including phenoxy) is 1. The molecule has 1 aliphatic heterocycles. The molecule has 1 heterocycles. The monoisotopic (exact) mass is 294 g/mol. The SMILES string of the molecule is CCOC(=O)[C@@H]1CC=C(B2OC(C)(C)C(C)(C)O2)[C@H](C)C1. The Balaban J connectivity index is 2.08. The van der Waals surface area contributed by atoms with Crippen LogP contribution in [0.15, 0.2) is 11.5 Å². The number of hydrogen-bond donors (Lipinski definition) is 0. The maximum Gasteiger partial charge on any atom is 0.490 e. The van der Waals surface area contributed by atoms with Crippen molar-refractivity contribution in [1.82, 2.24) is 0 Å². The van der Waals surface area contributed by atoms with Gasteiger partial charge in [0.25, 0.3) is 0 Å². The molecule has 0 N–H and O–H groups in total. The molecule has 2 aliphatic rings. The third kappa shape index (κ3) is 3.19. The number of hydrogen-bond acceptors (Lipinski definition) is 4. The van der Waals surface area contributed by atoms with Crippen LogP contribution in [0.25, 0.3) is 0 Å². The van der Waals surface area contributed by atoms with Crippen LogP contribution in [0.2, 0.25) is 0 Å². The van der Waals surface area contributed by atoms with Gasteiger partial charge in [-0.3, -0.25) is 4.79 Å². The number of rotatable bonds is 3. The molecule has 118 valence electrons. The lowest BCUT2D eigenvalue weighted by Gasteiger charge is -2.32. The van der Waals surface area contributed by atoms with Crippen LogP contribution >= 0.6 is 0 Å². The Labute approximate surface area is 128 Å². The number of allylic oxidation sites excluding steroid dienone is 2.